The highest BCUT2D eigenvalue weighted by Gasteiger charge is 2.27. The summed E-state index contributed by atoms with van der Waals surface area (Å²) >= 11 is 6.06. The molecule has 2 aromatic heterocycles. The van der Waals surface area contributed by atoms with Gasteiger partial charge in [0, 0.05) is 24.9 Å². The lowest BCUT2D eigenvalue weighted by molar-refractivity contribution is 0.0707. The van der Waals surface area contributed by atoms with Crippen LogP contribution in [0.15, 0.2) is 42.6 Å². The van der Waals surface area contributed by atoms with Gasteiger partial charge in [-0.3, -0.25) is 4.79 Å². The Labute approximate surface area is 171 Å². The van der Waals surface area contributed by atoms with Crippen LogP contribution >= 0.6 is 11.6 Å². The number of allylic oxidation sites excluding steroid dienone is 2. The van der Waals surface area contributed by atoms with Gasteiger partial charge in [-0.2, -0.15) is 0 Å². The zero-order valence-corrected chi connectivity index (χ0v) is 16.6. The van der Waals surface area contributed by atoms with Crippen molar-refractivity contribution in [1.29, 1.82) is 0 Å². The maximum Gasteiger partial charge on any atom is 0.255 e. The van der Waals surface area contributed by atoms with Gasteiger partial charge >= 0.3 is 0 Å². The Morgan fingerprint density at radius 3 is 2.83 bits per heavy atom. The predicted molar refractivity (Wildman–Crippen MR) is 109 cm³/mol. The molecule has 1 amide bonds. The molecule has 1 aliphatic rings. The summed E-state index contributed by atoms with van der Waals surface area (Å²) in [7, 11) is 0. The lowest BCUT2D eigenvalue weighted by atomic mass is 10.1. The molecule has 0 unspecified atom stereocenters. The summed E-state index contributed by atoms with van der Waals surface area (Å²) in [5.41, 5.74) is 1.16. The molecule has 0 aliphatic carbocycles. The van der Waals surface area contributed by atoms with E-state index in [0.717, 1.165) is 28.0 Å². The van der Waals surface area contributed by atoms with Crippen LogP contribution < -0.4 is 10.6 Å². The van der Waals surface area contributed by atoms with Crippen molar-refractivity contribution in [2.75, 3.05) is 6.54 Å². The van der Waals surface area contributed by atoms with E-state index in [1.54, 1.807) is 4.90 Å². The van der Waals surface area contributed by atoms with E-state index in [1.807, 2.05) is 35.9 Å². The lowest BCUT2D eigenvalue weighted by Gasteiger charge is -2.28. The zero-order chi connectivity index (χ0) is 20.5. The molecular formula is C21H19ClFN5O. The van der Waals surface area contributed by atoms with Crippen LogP contribution in [-0.4, -0.2) is 37.1 Å². The highest BCUT2D eigenvalue weighted by molar-refractivity contribution is 6.33. The van der Waals surface area contributed by atoms with Gasteiger partial charge < -0.3 is 14.5 Å². The minimum absolute atomic E-state index is 0.0983. The third-order valence-electron chi connectivity index (χ3n) is 4.88. The summed E-state index contributed by atoms with van der Waals surface area (Å²) in [6.45, 7) is 7.29. The van der Waals surface area contributed by atoms with Gasteiger partial charge in [-0.15, -0.1) is 10.2 Å². The minimum atomic E-state index is -0.476. The molecule has 0 fully saturated rings. The smallest absolute Gasteiger partial charge is 0.255 e. The molecule has 29 heavy (non-hydrogen) atoms. The molecule has 0 bridgehead atoms. The number of aromatic nitrogens is 4. The number of aromatic amines is 1. The first-order chi connectivity index (χ1) is 14.0. The first-order valence-electron chi connectivity index (χ1n) is 9.15. The van der Waals surface area contributed by atoms with Crippen molar-refractivity contribution in [3.05, 3.63) is 81.2 Å². The Bertz CT molecular complexity index is 1230. The average Bonchev–Trinajstić information content (AvgIpc) is 3.31. The zero-order valence-electron chi connectivity index (χ0n) is 15.8. The van der Waals surface area contributed by atoms with Crippen molar-refractivity contribution in [3.8, 4) is 0 Å². The molecule has 3 heterocycles. The molecule has 4 rings (SSSR count). The number of rotatable bonds is 3. The quantitative estimate of drug-likeness (QED) is 0.718. The summed E-state index contributed by atoms with van der Waals surface area (Å²) in [6, 6.07) is 5.68. The Hall–Kier alpha value is -3.19. The summed E-state index contributed by atoms with van der Waals surface area (Å²) in [4.78, 5) is 17.7. The van der Waals surface area contributed by atoms with Crippen LogP contribution in [0.3, 0.4) is 0 Å². The van der Waals surface area contributed by atoms with Gasteiger partial charge in [-0.1, -0.05) is 30.3 Å². The number of carbonyl (C=O) groups excluding carboxylic acids is 1. The van der Waals surface area contributed by atoms with E-state index in [0.29, 0.717) is 25.5 Å². The van der Waals surface area contributed by atoms with Crippen LogP contribution in [0.4, 0.5) is 4.39 Å². The Morgan fingerprint density at radius 2 is 2.14 bits per heavy atom. The van der Waals surface area contributed by atoms with Crippen LogP contribution in [-0.2, 0) is 13.1 Å². The van der Waals surface area contributed by atoms with E-state index in [2.05, 4.69) is 21.8 Å². The second-order valence-electron chi connectivity index (χ2n) is 6.73. The van der Waals surface area contributed by atoms with Gasteiger partial charge in [0.1, 0.15) is 5.82 Å². The SMILES string of the molecule is C=c1cc[nH]/c1=C(/C=C\C)c1nnc2n1CCN(C(=O)c1ccc(F)cc1Cl)C2. The largest absolute Gasteiger partial charge is 0.361 e. The summed E-state index contributed by atoms with van der Waals surface area (Å²) in [5, 5.41) is 10.5. The van der Waals surface area contributed by atoms with E-state index in [-0.39, 0.29) is 16.5 Å². The number of amides is 1. The average molecular weight is 412 g/mol. The Kier molecular flexibility index (Phi) is 5.07. The molecule has 3 aromatic rings. The normalized spacial score (nSPS) is 14.9. The molecule has 0 radical (unpaired) electrons. The van der Waals surface area contributed by atoms with Crippen LogP contribution in [0.1, 0.15) is 28.9 Å². The monoisotopic (exact) mass is 411 g/mol. The van der Waals surface area contributed by atoms with E-state index in [1.165, 1.54) is 12.1 Å². The molecule has 0 saturated carbocycles. The highest BCUT2D eigenvalue weighted by Crippen LogP contribution is 2.23. The van der Waals surface area contributed by atoms with Gasteiger partial charge in [-0.05, 0) is 36.4 Å². The van der Waals surface area contributed by atoms with E-state index in [9.17, 15) is 9.18 Å². The molecule has 0 atom stereocenters. The second kappa shape index (κ2) is 7.67. The molecular weight excluding hydrogens is 393 g/mol. The van der Waals surface area contributed by atoms with Crippen molar-refractivity contribution in [2.45, 2.75) is 20.0 Å². The van der Waals surface area contributed by atoms with Crippen LogP contribution in [0.2, 0.25) is 5.02 Å². The minimum Gasteiger partial charge on any atom is -0.361 e. The highest BCUT2D eigenvalue weighted by atomic mass is 35.5. The summed E-state index contributed by atoms with van der Waals surface area (Å²) < 4.78 is 15.3. The number of H-pyrrole nitrogens is 1. The summed E-state index contributed by atoms with van der Waals surface area (Å²) in [5.74, 6) is 0.665. The molecule has 1 aliphatic heterocycles. The molecule has 0 spiro atoms. The van der Waals surface area contributed by atoms with Gasteiger partial charge in [0.15, 0.2) is 11.6 Å². The first kappa shape index (κ1) is 19.1. The van der Waals surface area contributed by atoms with Crippen molar-refractivity contribution >= 4 is 29.7 Å². The molecule has 6 nitrogen and oxygen atoms in total. The van der Waals surface area contributed by atoms with Crippen LogP contribution in [0.5, 0.6) is 0 Å². The van der Waals surface area contributed by atoms with E-state index >= 15 is 0 Å². The van der Waals surface area contributed by atoms with Crippen molar-refractivity contribution < 1.29 is 9.18 Å². The fourth-order valence-corrected chi connectivity index (χ4v) is 3.70. The maximum absolute atomic E-state index is 13.3. The molecule has 8 heteroatoms. The third kappa shape index (κ3) is 3.49. The fourth-order valence-electron chi connectivity index (χ4n) is 3.45. The van der Waals surface area contributed by atoms with E-state index in [4.69, 9.17) is 11.6 Å². The van der Waals surface area contributed by atoms with Crippen molar-refractivity contribution in [2.24, 2.45) is 0 Å². The van der Waals surface area contributed by atoms with E-state index < -0.39 is 5.82 Å². The number of hydrogen-bond donors (Lipinski definition) is 1. The molecule has 0 saturated heterocycles. The Morgan fingerprint density at radius 1 is 1.31 bits per heavy atom. The molecule has 1 aromatic carbocycles. The van der Waals surface area contributed by atoms with Crippen LogP contribution in [0, 0.1) is 5.82 Å². The number of halogens is 2. The number of benzene rings is 1. The van der Waals surface area contributed by atoms with Gasteiger partial charge in [0.2, 0.25) is 0 Å². The number of carbonyl (C=O) groups is 1. The maximum atomic E-state index is 13.3. The molecule has 148 valence electrons. The third-order valence-corrected chi connectivity index (χ3v) is 5.19. The van der Waals surface area contributed by atoms with Crippen LogP contribution in [0.25, 0.3) is 12.2 Å². The van der Waals surface area contributed by atoms with Crippen molar-refractivity contribution in [1.82, 2.24) is 24.6 Å². The fraction of sp³-hybridized carbons (Fsp3) is 0.190. The topological polar surface area (TPSA) is 66.8 Å². The van der Waals surface area contributed by atoms with Gasteiger partial charge in [0.25, 0.3) is 5.91 Å². The number of fused-ring (bicyclic) bond motifs is 1. The standard InChI is InChI=1S/C21H19ClFN5O/c1-3-4-16(19-13(2)7-8-24-19)20-26-25-18-12-27(9-10-28(18)20)21(29)15-6-5-14(23)11-17(15)22/h3-8,11,24H,2,9-10,12H2,1H3/b4-3-,19-16-. The second-order valence-corrected chi connectivity index (χ2v) is 7.14. The summed E-state index contributed by atoms with van der Waals surface area (Å²) in [6.07, 6.45) is 5.74. The van der Waals surface area contributed by atoms with Gasteiger partial charge in [-0.25, -0.2) is 4.39 Å². The van der Waals surface area contributed by atoms with Crippen molar-refractivity contribution in [3.63, 3.8) is 0 Å². The Balaban J connectivity index is 1.68. The number of nitrogens with zero attached hydrogens (tertiary/aromatic N) is 4. The lowest BCUT2D eigenvalue weighted by Crippen LogP contribution is -2.39. The van der Waals surface area contributed by atoms with Gasteiger partial charge in [0.05, 0.1) is 22.5 Å². The number of nitrogens with one attached hydrogen (secondary N) is 1. The number of hydrogen-bond acceptors (Lipinski definition) is 3. The predicted octanol–water partition coefficient (Wildman–Crippen LogP) is 2.24. The molecule has 1 N–H and O–H groups in total. The first-order valence-corrected chi connectivity index (χ1v) is 9.53.